The normalized spacial score (nSPS) is 52.2. The lowest BCUT2D eigenvalue weighted by Gasteiger charge is -2.57. The molecule has 0 spiro atoms. The highest BCUT2D eigenvalue weighted by Crippen LogP contribution is 2.65. The van der Waals surface area contributed by atoms with E-state index in [1.165, 1.54) is 63.4 Å². The molecule has 0 aromatic heterocycles. The summed E-state index contributed by atoms with van der Waals surface area (Å²) < 4.78 is 5.57. The Morgan fingerprint density at radius 2 is 1.72 bits per heavy atom. The van der Waals surface area contributed by atoms with Crippen molar-refractivity contribution in [3.05, 3.63) is 12.2 Å². The van der Waals surface area contributed by atoms with Gasteiger partial charge in [0.2, 0.25) is 0 Å². The molecule has 4 aliphatic carbocycles. The average Bonchev–Trinajstić information content (AvgIpc) is 2.91. The van der Waals surface area contributed by atoms with Crippen LogP contribution < -0.4 is 0 Å². The van der Waals surface area contributed by atoms with Gasteiger partial charge < -0.3 is 4.74 Å². The van der Waals surface area contributed by atoms with Crippen molar-refractivity contribution in [3.8, 4) is 0 Å². The second kappa shape index (κ2) is 6.39. The summed E-state index contributed by atoms with van der Waals surface area (Å²) in [6.07, 6.45) is 13.2. The number of ether oxygens (including phenoxy) is 1. The first kappa shape index (κ1) is 18.1. The molecule has 25 heavy (non-hydrogen) atoms. The third-order valence-electron chi connectivity index (χ3n) is 9.44. The summed E-state index contributed by atoms with van der Waals surface area (Å²) in [5.41, 5.74) is 2.48. The fourth-order valence-corrected chi connectivity index (χ4v) is 8.48. The van der Waals surface area contributed by atoms with Crippen LogP contribution in [0.5, 0.6) is 0 Å². The highest BCUT2D eigenvalue weighted by atomic mass is 16.5. The van der Waals surface area contributed by atoms with E-state index >= 15 is 0 Å². The number of fused-ring (bicyclic) bond motifs is 5. The maximum atomic E-state index is 5.57. The molecule has 0 aliphatic heterocycles. The average molecular weight is 345 g/mol. The van der Waals surface area contributed by atoms with Crippen LogP contribution in [-0.2, 0) is 4.74 Å². The minimum absolute atomic E-state index is 0.449. The topological polar surface area (TPSA) is 9.23 Å². The standard InChI is InChI=1S/C24H40O/c1-16(2)21-8-9-22-20-7-6-17-14-23(3,15-25-5)12-10-18(17)19(20)11-13-24(21,22)4/h17-22H,1,6-15H2,2-5H3/t17-,18+,19-,20-,21-,22+,23+,24-/m1/s1. The summed E-state index contributed by atoms with van der Waals surface area (Å²) in [5.74, 6) is 5.85. The second-order valence-electron chi connectivity index (χ2n) is 10.9. The van der Waals surface area contributed by atoms with Gasteiger partial charge in [0.15, 0.2) is 0 Å². The number of rotatable bonds is 3. The fraction of sp³-hybridized carbons (Fsp3) is 0.917. The minimum Gasteiger partial charge on any atom is -0.384 e. The zero-order valence-corrected chi connectivity index (χ0v) is 17.2. The van der Waals surface area contributed by atoms with E-state index in [0.29, 0.717) is 10.8 Å². The first-order chi connectivity index (χ1) is 11.9. The van der Waals surface area contributed by atoms with Crippen LogP contribution >= 0.6 is 0 Å². The quantitative estimate of drug-likeness (QED) is 0.532. The van der Waals surface area contributed by atoms with Crippen molar-refractivity contribution in [2.75, 3.05) is 13.7 Å². The summed E-state index contributed by atoms with van der Waals surface area (Å²) in [6, 6.07) is 0. The van der Waals surface area contributed by atoms with Crippen LogP contribution in [0.4, 0.5) is 0 Å². The van der Waals surface area contributed by atoms with Crippen molar-refractivity contribution < 1.29 is 4.74 Å². The smallest absolute Gasteiger partial charge is 0.0516 e. The Morgan fingerprint density at radius 3 is 2.44 bits per heavy atom. The van der Waals surface area contributed by atoms with Crippen molar-refractivity contribution in [1.29, 1.82) is 0 Å². The van der Waals surface area contributed by atoms with Crippen molar-refractivity contribution in [2.24, 2.45) is 46.3 Å². The first-order valence-corrected chi connectivity index (χ1v) is 11.0. The molecule has 0 amide bonds. The maximum Gasteiger partial charge on any atom is 0.0516 e. The molecule has 1 nitrogen and oxygen atoms in total. The molecule has 0 radical (unpaired) electrons. The molecule has 8 atom stereocenters. The summed E-state index contributed by atoms with van der Waals surface area (Å²) in [4.78, 5) is 0. The molecule has 0 heterocycles. The van der Waals surface area contributed by atoms with E-state index in [1.54, 1.807) is 0 Å². The maximum absolute atomic E-state index is 5.57. The lowest BCUT2D eigenvalue weighted by Crippen LogP contribution is -2.50. The molecular weight excluding hydrogens is 304 g/mol. The number of hydrogen-bond acceptors (Lipinski definition) is 1. The Morgan fingerprint density at radius 1 is 0.960 bits per heavy atom. The van der Waals surface area contributed by atoms with Crippen molar-refractivity contribution in [1.82, 2.24) is 0 Å². The van der Waals surface area contributed by atoms with Crippen LogP contribution in [0.25, 0.3) is 0 Å². The van der Waals surface area contributed by atoms with E-state index in [4.69, 9.17) is 4.74 Å². The van der Waals surface area contributed by atoms with Gasteiger partial charge in [0, 0.05) is 7.11 Å². The van der Waals surface area contributed by atoms with Gasteiger partial charge in [0.05, 0.1) is 6.61 Å². The van der Waals surface area contributed by atoms with Crippen molar-refractivity contribution >= 4 is 0 Å². The largest absolute Gasteiger partial charge is 0.384 e. The molecule has 4 rings (SSSR count). The molecule has 0 bridgehead atoms. The molecule has 0 aromatic carbocycles. The van der Waals surface area contributed by atoms with Gasteiger partial charge in [-0.05, 0) is 111 Å². The van der Waals surface area contributed by atoms with Gasteiger partial charge in [-0.15, -0.1) is 0 Å². The van der Waals surface area contributed by atoms with E-state index in [9.17, 15) is 0 Å². The van der Waals surface area contributed by atoms with E-state index in [0.717, 1.165) is 42.1 Å². The van der Waals surface area contributed by atoms with Crippen molar-refractivity contribution in [2.45, 2.75) is 78.6 Å². The second-order valence-corrected chi connectivity index (χ2v) is 10.9. The van der Waals surface area contributed by atoms with Gasteiger partial charge >= 0.3 is 0 Å². The van der Waals surface area contributed by atoms with Crippen LogP contribution in [0.3, 0.4) is 0 Å². The molecular formula is C24H40O. The summed E-state index contributed by atoms with van der Waals surface area (Å²) in [6.45, 7) is 12.7. The molecule has 0 saturated heterocycles. The van der Waals surface area contributed by atoms with Crippen LogP contribution in [-0.4, -0.2) is 13.7 Å². The monoisotopic (exact) mass is 344 g/mol. The van der Waals surface area contributed by atoms with Gasteiger partial charge in [0.25, 0.3) is 0 Å². The predicted octanol–water partition coefficient (Wildman–Crippen LogP) is 6.48. The Labute approximate surface area is 156 Å². The van der Waals surface area contributed by atoms with Crippen LogP contribution in [0.2, 0.25) is 0 Å². The van der Waals surface area contributed by atoms with Gasteiger partial charge in [-0.2, -0.15) is 0 Å². The lowest BCUT2D eigenvalue weighted by molar-refractivity contribution is -0.0837. The zero-order valence-electron chi connectivity index (χ0n) is 17.2. The van der Waals surface area contributed by atoms with E-state index in [1.807, 2.05) is 7.11 Å². The number of hydrogen-bond donors (Lipinski definition) is 0. The molecule has 142 valence electrons. The predicted molar refractivity (Wildman–Crippen MR) is 105 cm³/mol. The molecule has 0 aromatic rings. The van der Waals surface area contributed by atoms with Crippen LogP contribution in [0.15, 0.2) is 12.2 Å². The molecule has 4 fully saturated rings. The lowest BCUT2D eigenvalue weighted by atomic mass is 9.48. The molecule has 4 aliphatic rings. The Bertz CT molecular complexity index is 524. The van der Waals surface area contributed by atoms with E-state index < -0.39 is 0 Å². The van der Waals surface area contributed by atoms with Gasteiger partial charge in [0.1, 0.15) is 0 Å². The fourth-order valence-electron chi connectivity index (χ4n) is 8.48. The van der Waals surface area contributed by atoms with Crippen molar-refractivity contribution in [3.63, 3.8) is 0 Å². The SMILES string of the molecule is C=C(C)[C@H]1CC[C@H]2[C@@H]3CC[C@@H]4C[C@@](C)(COC)CC[C@@H]4[C@H]3CC[C@]12C. The van der Waals surface area contributed by atoms with Gasteiger partial charge in [-0.25, -0.2) is 0 Å². The molecule has 0 unspecified atom stereocenters. The van der Waals surface area contributed by atoms with Gasteiger partial charge in [-0.3, -0.25) is 0 Å². The van der Waals surface area contributed by atoms with Crippen LogP contribution in [0.1, 0.15) is 78.6 Å². The summed E-state index contributed by atoms with van der Waals surface area (Å²) >= 11 is 0. The number of allylic oxidation sites excluding steroid dienone is 1. The zero-order chi connectivity index (χ0) is 17.8. The summed E-state index contributed by atoms with van der Waals surface area (Å²) in [7, 11) is 1.88. The third kappa shape index (κ3) is 2.84. The van der Waals surface area contributed by atoms with Crippen LogP contribution in [0, 0.1) is 46.3 Å². The first-order valence-electron chi connectivity index (χ1n) is 11.0. The molecule has 0 N–H and O–H groups in total. The molecule has 1 heteroatoms. The van der Waals surface area contributed by atoms with E-state index in [2.05, 4.69) is 27.4 Å². The Kier molecular flexibility index (Phi) is 4.63. The molecule has 4 saturated carbocycles. The Hall–Kier alpha value is -0.300. The van der Waals surface area contributed by atoms with E-state index in [-0.39, 0.29) is 0 Å². The minimum atomic E-state index is 0.449. The van der Waals surface area contributed by atoms with Gasteiger partial charge in [-0.1, -0.05) is 26.0 Å². The summed E-state index contributed by atoms with van der Waals surface area (Å²) in [5, 5.41) is 0. The number of methoxy groups -OCH3 is 1. The third-order valence-corrected chi connectivity index (χ3v) is 9.44. The Balaban J connectivity index is 1.51. The highest BCUT2D eigenvalue weighted by molar-refractivity contribution is 5.14. The highest BCUT2D eigenvalue weighted by Gasteiger charge is 2.57.